The molecule has 0 unspecified atom stereocenters. The highest BCUT2D eigenvalue weighted by Crippen LogP contribution is 2.28. The van der Waals surface area contributed by atoms with E-state index in [1.807, 2.05) is 0 Å². The smallest absolute Gasteiger partial charge is 0.335 e. The lowest BCUT2D eigenvalue weighted by atomic mass is 10.1. The van der Waals surface area contributed by atoms with E-state index in [-0.39, 0.29) is 21.8 Å². The van der Waals surface area contributed by atoms with Gasteiger partial charge in [0.1, 0.15) is 0 Å². The number of nitro groups is 1. The summed E-state index contributed by atoms with van der Waals surface area (Å²) >= 11 is 3.13. The van der Waals surface area contributed by atoms with E-state index in [2.05, 4.69) is 20.7 Å². The molecule has 0 atom stereocenters. The minimum Gasteiger partial charge on any atom is -0.478 e. The van der Waals surface area contributed by atoms with Gasteiger partial charge in [0.15, 0.2) is 0 Å². The van der Waals surface area contributed by atoms with E-state index in [4.69, 9.17) is 5.11 Å². The molecule has 0 saturated carbocycles. The van der Waals surface area contributed by atoms with Crippen LogP contribution in [0.3, 0.4) is 0 Å². The van der Waals surface area contributed by atoms with Crippen LogP contribution in [-0.4, -0.2) is 24.4 Å². The zero-order valence-corrected chi connectivity index (χ0v) is 14.6. The van der Waals surface area contributed by atoms with Crippen LogP contribution in [0.5, 0.6) is 0 Å². The van der Waals surface area contributed by atoms with Crippen molar-refractivity contribution in [2.45, 2.75) is 11.8 Å². The molecule has 0 aliphatic carbocycles. The van der Waals surface area contributed by atoms with Crippen molar-refractivity contribution in [3.63, 3.8) is 0 Å². The molecule has 10 heteroatoms. The van der Waals surface area contributed by atoms with E-state index in [0.29, 0.717) is 10.0 Å². The number of nitrogens with one attached hydrogen (secondary N) is 1. The summed E-state index contributed by atoms with van der Waals surface area (Å²) in [6.45, 7) is 1.51. The highest BCUT2D eigenvalue weighted by molar-refractivity contribution is 9.10. The number of nitro benzene ring substituents is 1. The lowest BCUT2D eigenvalue weighted by Crippen LogP contribution is -2.15. The first-order valence-electron chi connectivity index (χ1n) is 6.42. The Bertz CT molecular complexity index is 942. The normalized spacial score (nSPS) is 11.1. The molecule has 0 aromatic heterocycles. The van der Waals surface area contributed by atoms with Crippen LogP contribution in [0.25, 0.3) is 0 Å². The number of hydrogen-bond acceptors (Lipinski definition) is 5. The Balaban J connectivity index is 2.50. The highest BCUT2D eigenvalue weighted by atomic mass is 79.9. The third kappa shape index (κ3) is 3.71. The van der Waals surface area contributed by atoms with Crippen molar-refractivity contribution in [1.82, 2.24) is 0 Å². The number of nitrogens with zero attached hydrogens (tertiary/aromatic N) is 1. The van der Waals surface area contributed by atoms with E-state index in [0.717, 1.165) is 12.1 Å². The van der Waals surface area contributed by atoms with E-state index in [1.54, 1.807) is 0 Å². The quantitative estimate of drug-likeness (QED) is 0.571. The minimum atomic E-state index is -4.13. The number of non-ortho nitro benzene ring substituents is 1. The molecule has 2 aromatic carbocycles. The van der Waals surface area contributed by atoms with E-state index >= 15 is 0 Å². The van der Waals surface area contributed by atoms with Crippen molar-refractivity contribution in [3.8, 4) is 0 Å². The van der Waals surface area contributed by atoms with Gasteiger partial charge in [0, 0.05) is 16.6 Å². The Morgan fingerprint density at radius 1 is 1.29 bits per heavy atom. The number of aromatic carboxylic acids is 1. The van der Waals surface area contributed by atoms with Gasteiger partial charge in [-0.15, -0.1) is 0 Å². The van der Waals surface area contributed by atoms with Crippen LogP contribution in [0.2, 0.25) is 0 Å². The molecule has 0 bridgehead atoms. The second-order valence-corrected chi connectivity index (χ2v) is 7.30. The van der Waals surface area contributed by atoms with Gasteiger partial charge in [-0.1, -0.05) is 22.0 Å². The fourth-order valence-corrected chi connectivity index (χ4v) is 3.88. The van der Waals surface area contributed by atoms with Gasteiger partial charge >= 0.3 is 5.97 Å². The zero-order valence-electron chi connectivity index (χ0n) is 12.2. The first kappa shape index (κ1) is 17.9. The van der Waals surface area contributed by atoms with Crippen molar-refractivity contribution in [3.05, 3.63) is 62.1 Å². The maximum atomic E-state index is 12.5. The molecule has 0 aliphatic rings. The molecule has 0 aliphatic heterocycles. The summed E-state index contributed by atoms with van der Waals surface area (Å²) in [7, 11) is -4.13. The average Bonchev–Trinajstić information content (AvgIpc) is 2.49. The van der Waals surface area contributed by atoms with Gasteiger partial charge in [-0.05, 0) is 30.7 Å². The molecule has 0 heterocycles. The van der Waals surface area contributed by atoms with Crippen LogP contribution in [0, 0.1) is 17.0 Å². The fraction of sp³-hybridized carbons (Fsp3) is 0.0714. The summed E-state index contributed by atoms with van der Waals surface area (Å²) in [5.41, 5.74) is -0.155. The molecule has 2 N–H and O–H groups in total. The topological polar surface area (TPSA) is 127 Å². The van der Waals surface area contributed by atoms with Gasteiger partial charge in [-0.2, -0.15) is 0 Å². The maximum absolute atomic E-state index is 12.5. The summed E-state index contributed by atoms with van der Waals surface area (Å²) < 4.78 is 27.6. The minimum absolute atomic E-state index is 0.000417. The van der Waals surface area contributed by atoms with Crippen molar-refractivity contribution < 1.29 is 23.2 Å². The number of rotatable bonds is 5. The average molecular weight is 415 g/mol. The number of carboxylic acid groups (broad SMARTS) is 1. The first-order valence-corrected chi connectivity index (χ1v) is 8.70. The number of carboxylic acids is 1. The predicted octanol–water partition coefficient (Wildman–Crippen LogP) is 3.16. The monoisotopic (exact) mass is 414 g/mol. The molecular weight excluding hydrogens is 404 g/mol. The van der Waals surface area contributed by atoms with Crippen LogP contribution in [0.4, 0.5) is 11.4 Å². The van der Waals surface area contributed by atoms with Gasteiger partial charge in [0.25, 0.3) is 15.7 Å². The molecule has 0 fully saturated rings. The Kier molecular flexibility index (Phi) is 4.90. The van der Waals surface area contributed by atoms with Gasteiger partial charge in [0.05, 0.1) is 21.1 Å². The summed E-state index contributed by atoms with van der Waals surface area (Å²) in [4.78, 5) is 21.0. The largest absolute Gasteiger partial charge is 0.478 e. The second-order valence-electron chi connectivity index (χ2n) is 4.80. The predicted molar refractivity (Wildman–Crippen MR) is 89.7 cm³/mol. The molecule has 2 aromatic rings. The number of carbonyl (C=O) groups is 1. The Morgan fingerprint density at radius 2 is 1.96 bits per heavy atom. The van der Waals surface area contributed by atoms with Crippen molar-refractivity contribution in [2.75, 3.05) is 4.72 Å². The van der Waals surface area contributed by atoms with E-state index in [9.17, 15) is 23.3 Å². The summed E-state index contributed by atoms with van der Waals surface area (Å²) in [5.74, 6) is -1.28. The molecule has 0 saturated heterocycles. The Labute approximate surface area is 145 Å². The van der Waals surface area contributed by atoms with Crippen LogP contribution < -0.4 is 4.72 Å². The standard InChI is InChI=1S/C14H11BrN2O6S/c1-8-12(15)5-9(14(18)19)6-13(8)24(22,23)16-10-3-2-4-11(7-10)17(20)21/h2-7,16H,1H3,(H,18,19). The molecule has 0 radical (unpaired) electrons. The number of sulfonamides is 1. The summed E-state index contributed by atoms with van der Waals surface area (Å²) in [6, 6.07) is 7.32. The Hall–Kier alpha value is -2.46. The van der Waals surface area contributed by atoms with Crippen LogP contribution >= 0.6 is 15.9 Å². The summed E-state index contributed by atoms with van der Waals surface area (Å²) in [5, 5.41) is 19.8. The van der Waals surface area contributed by atoms with Gasteiger partial charge < -0.3 is 5.11 Å². The van der Waals surface area contributed by atoms with E-state index in [1.165, 1.54) is 31.2 Å². The third-order valence-electron chi connectivity index (χ3n) is 3.14. The summed E-state index contributed by atoms with van der Waals surface area (Å²) in [6.07, 6.45) is 0. The molecule has 0 spiro atoms. The van der Waals surface area contributed by atoms with Crippen LogP contribution in [0.1, 0.15) is 15.9 Å². The van der Waals surface area contributed by atoms with Gasteiger partial charge in [-0.25, -0.2) is 13.2 Å². The molecule has 2 rings (SSSR count). The Morgan fingerprint density at radius 3 is 2.54 bits per heavy atom. The van der Waals surface area contributed by atoms with E-state index < -0.39 is 20.9 Å². The molecule has 8 nitrogen and oxygen atoms in total. The highest BCUT2D eigenvalue weighted by Gasteiger charge is 2.22. The SMILES string of the molecule is Cc1c(Br)cc(C(=O)O)cc1S(=O)(=O)Nc1cccc([N+](=O)[O-])c1. The van der Waals surface area contributed by atoms with Gasteiger partial charge in [0.2, 0.25) is 0 Å². The lowest BCUT2D eigenvalue weighted by molar-refractivity contribution is -0.384. The number of anilines is 1. The number of hydrogen-bond donors (Lipinski definition) is 2. The van der Waals surface area contributed by atoms with Crippen molar-refractivity contribution in [2.24, 2.45) is 0 Å². The van der Waals surface area contributed by atoms with Crippen molar-refractivity contribution >= 4 is 43.3 Å². The number of halogens is 1. The maximum Gasteiger partial charge on any atom is 0.335 e. The number of benzene rings is 2. The lowest BCUT2D eigenvalue weighted by Gasteiger charge is -2.12. The third-order valence-corrected chi connectivity index (χ3v) is 5.47. The van der Waals surface area contributed by atoms with Gasteiger partial charge in [-0.3, -0.25) is 14.8 Å². The first-order chi connectivity index (χ1) is 11.1. The molecular formula is C14H11BrN2O6S. The van der Waals surface area contributed by atoms with Crippen LogP contribution in [-0.2, 0) is 10.0 Å². The molecule has 24 heavy (non-hydrogen) atoms. The van der Waals surface area contributed by atoms with Crippen LogP contribution in [0.15, 0.2) is 45.8 Å². The van der Waals surface area contributed by atoms with Crippen molar-refractivity contribution in [1.29, 1.82) is 0 Å². The fourth-order valence-electron chi connectivity index (χ4n) is 1.95. The zero-order chi connectivity index (χ0) is 18.1. The second kappa shape index (κ2) is 6.57. The molecule has 0 amide bonds. The molecule has 126 valence electrons.